The van der Waals surface area contributed by atoms with Crippen molar-refractivity contribution in [3.05, 3.63) is 54.1 Å². The van der Waals surface area contributed by atoms with Gasteiger partial charge in [-0.1, -0.05) is 61.9 Å². The molecule has 6 rings (SSSR count). The van der Waals surface area contributed by atoms with Gasteiger partial charge in [0.2, 0.25) is 15.9 Å². The quantitative estimate of drug-likeness (QED) is 0.223. The standard InChI is InChI=1S/C35H47N5O7S2/c1-23(2)19-40(49(44,45)25-13-14-27-32(18-25)48-34(36-27)38-33(42)21-39-15-6-7-16-39)20-29(41)28(17-24-9-4-3-5-10-24)37-35(43)47-31-22-46-30-12-8-11-26(30)31/h3-5,9-10,13-14,18,23,26,28-31,41H,6-8,11-12,15-17,19-22H2,1-2H3,(H,37,43)(H,36,38,42). The van der Waals surface area contributed by atoms with Gasteiger partial charge >= 0.3 is 6.09 Å². The molecule has 1 aromatic heterocycles. The van der Waals surface area contributed by atoms with E-state index in [1.165, 1.54) is 21.7 Å². The number of hydrogen-bond acceptors (Lipinski definition) is 10. The number of likely N-dealkylation sites (tertiary alicyclic amines) is 1. The van der Waals surface area contributed by atoms with E-state index in [9.17, 15) is 23.1 Å². The van der Waals surface area contributed by atoms with Gasteiger partial charge in [-0.05, 0) is 74.9 Å². The molecule has 3 heterocycles. The number of aliphatic hydroxyl groups excluding tert-OH is 1. The number of nitrogens with one attached hydrogen (secondary N) is 2. The smallest absolute Gasteiger partial charge is 0.407 e. The van der Waals surface area contributed by atoms with Gasteiger partial charge in [0.25, 0.3) is 0 Å². The van der Waals surface area contributed by atoms with Gasteiger partial charge in [-0.15, -0.1) is 0 Å². The summed E-state index contributed by atoms with van der Waals surface area (Å²) in [6, 6.07) is 13.3. The number of amides is 2. The molecule has 49 heavy (non-hydrogen) atoms. The Labute approximate surface area is 292 Å². The van der Waals surface area contributed by atoms with E-state index in [0.717, 1.165) is 50.8 Å². The molecule has 1 aliphatic carbocycles. The highest BCUT2D eigenvalue weighted by molar-refractivity contribution is 7.89. The maximum atomic E-state index is 14.2. The topological polar surface area (TPSA) is 150 Å². The Hall–Kier alpha value is -3.14. The lowest BCUT2D eigenvalue weighted by Gasteiger charge is -2.31. The summed E-state index contributed by atoms with van der Waals surface area (Å²) >= 11 is 1.22. The van der Waals surface area contributed by atoms with Crippen molar-refractivity contribution in [2.45, 2.75) is 81.6 Å². The first-order chi connectivity index (χ1) is 23.5. The van der Waals surface area contributed by atoms with Crippen molar-refractivity contribution in [3.8, 4) is 0 Å². The molecule has 2 aromatic carbocycles. The van der Waals surface area contributed by atoms with E-state index in [1.54, 1.807) is 12.1 Å². The molecule has 12 nitrogen and oxygen atoms in total. The van der Waals surface area contributed by atoms with Crippen LogP contribution in [-0.4, -0.2) is 103 Å². The van der Waals surface area contributed by atoms with Crippen LogP contribution in [0.2, 0.25) is 0 Å². The van der Waals surface area contributed by atoms with Crippen molar-refractivity contribution in [2.24, 2.45) is 11.8 Å². The van der Waals surface area contributed by atoms with Crippen LogP contribution in [0.15, 0.2) is 53.4 Å². The number of thiazole rings is 1. The zero-order valence-corrected chi connectivity index (χ0v) is 29.8. The van der Waals surface area contributed by atoms with Crippen molar-refractivity contribution in [2.75, 3.05) is 44.6 Å². The average molecular weight is 714 g/mol. The Bertz CT molecular complexity index is 1700. The maximum absolute atomic E-state index is 14.2. The first-order valence-corrected chi connectivity index (χ1v) is 19.5. The summed E-state index contributed by atoms with van der Waals surface area (Å²) < 4.78 is 41.8. The highest BCUT2D eigenvalue weighted by Gasteiger charge is 2.43. The number of hydrogen-bond donors (Lipinski definition) is 3. The Kier molecular flexibility index (Phi) is 11.5. The summed E-state index contributed by atoms with van der Waals surface area (Å²) in [7, 11) is -4.08. The summed E-state index contributed by atoms with van der Waals surface area (Å²) in [6.45, 7) is 6.20. The van der Waals surface area contributed by atoms with Gasteiger partial charge in [0.05, 0.1) is 46.5 Å². The van der Waals surface area contributed by atoms with Gasteiger partial charge in [0.1, 0.15) is 6.10 Å². The predicted octanol–water partition coefficient (Wildman–Crippen LogP) is 4.24. The second-order valence-corrected chi connectivity index (χ2v) is 16.8. The fourth-order valence-electron chi connectivity index (χ4n) is 7.11. The molecule has 3 aliphatic rings. The molecule has 266 valence electrons. The Balaban J connectivity index is 1.17. The number of fused-ring (bicyclic) bond motifs is 2. The molecular weight excluding hydrogens is 667 g/mol. The van der Waals surface area contributed by atoms with Crippen molar-refractivity contribution < 1.29 is 32.6 Å². The third kappa shape index (κ3) is 8.97. The number of rotatable bonds is 14. The molecule has 5 atom stereocenters. The number of alkyl carbamates (subject to hydrolysis) is 1. The molecule has 3 N–H and O–H groups in total. The van der Waals surface area contributed by atoms with Crippen LogP contribution in [0.5, 0.6) is 0 Å². The lowest BCUT2D eigenvalue weighted by molar-refractivity contribution is -0.117. The third-order valence-electron chi connectivity index (χ3n) is 9.55. The number of ether oxygens (including phenoxy) is 2. The zero-order chi connectivity index (χ0) is 34.5. The maximum Gasteiger partial charge on any atom is 0.407 e. The fourth-order valence-corrected chi connectivity index (χ4v) is 9.75. The van der Waals surface area contributed by atoms with Crippen LogP contribution in [0.1, 0.15) is 51.5 Å². The van der Waals surface area contributed by atoms with Crippen molar-refractivity contribution in [1.29, 1.82) is 0 Å². The SMILES string of the molecule is CC(C)CN(CC(O)C(Cc1ccccc1)NC(=O)OC1COC2CCCC21)S(=O)(=O)c1ccc2nc(NC(=O)CN3CCCC3)sc2c1. The Morgan fingerprint density at radius 3 is 2.63 bits per heavy atom. The third-order valence-corrected chi connectivity index (χ3v) is 12.3. The zero-order valence-electron chi connectivity index (χ0n) is 28.1. The number of carbonyl (C=O) groups is 2. The van der Waals surface area contributed by atoms with Crippen LogP contribution in [0.4, 0.5) is 9.93 Å². The number of sulfonamides is 1. The van der Waals surface area contributed by atoms with Gasteiger partial charge < -0.3 is 25.2 Å². The Morgan fingerprint density at radius 2 is 1.88 bits per heavy atom. The summed E-state index contributed by atoms with van der Waals surface area (Å²) in [6.07, 6.45) is 3.28. The van der Waals surface area contributed by atoms with Gasteiger partial charge in [0, 0.05) is 19.0 Å². The van der Waals surface area contributed by atoms with E-state index in [1.807, 2.05) is 44.2 Å². The molecule has 3 fully saturated rings. The largest absolute Gasteiger partial charge is 0.443 e. The number of aliphatic hydroxyl groups is 1. The van der Waals surface area contributed by atoms with Crippen LogP contribution in [0.3, 0.4) is 0 Å². The normalized spacial score (nSPS) is 22.4. The molecule has 0 bridgehead atoms. The van der Waals surface area contributed by atoms with E-state index >= 15 is 0 Å². The van der Waals surface area contributed by atoms with Crippen LogP contribution in [0.25, 0.3) is 10.2 Å². The average Bonchev–Trinajstić information content (AvgIpc) is 3.87. The number of anilines is 1. The lowest BCUT2D eigenvalue weighted by atomic mass is 10.0. The number of carbonyl (C=O) groups excluding carboxylic acids is 2. The van der Waals surface area contributed by atoms with Crippen LogP contribution in [-0.2, 0) is 30.7 Å². The molecule has 3 aromatic rings. The molecule has 2 saturated heterocycles. The number of aromatic nitrogens is 1. The fraction of sp³-hybridized carbons (Fsp3) is 0.571. The highest BCUT2D eigenvalue weighted by Crippen LogP contribution is 2.37. The van der Waals surface area contributed by atoms with Crippen LogP contribution >= 0.6 is 11.3 Å². The van der Waals surface area contributed by atoms with Crippen LogP contribution < -0.4 is 10.6 Å². The summed E-state index contributed by atoms with van der Waals surface area (Å²) in [5.74, 6) is -0.0143. The van der Waals surface area contributed by atoms with E-state index in [-0.39, 0.29) is 54.4 Å². The number of benzene rings is 2. The summed E-state index contributed by atoms with van der Waals surface area (Å²) in [5, 5.41) is 17.8. The van der Waals surface area contributed by atoms with Gasteiger partial charge in [-0.2, -0.15) is 4.31 Å². The summed E-state index contributed by atoms with van der Waals surface area (Å²) in [5.41, 5.74) is 1.46. The van der Waals surface area contributed by atoms with E-state index < -0.39 is 28.3 Å². The molecule has 0 radical (unpaired) electrons. The minimum absolute atomic E-state index is 0.0428. The first kappa shape index (κ1) is 35.7. The molecule has 2 aliphatic heterocycles. The monoisotopic (exact) mass is 713 g/mol. The minimum Gasteiger partial charge on any atom is -0.443 e. The van der Waals surface area contributed by atoms with Crippen molar-refractivity contribution in [1.82, 2.24) is 19.5 Å². The molecular formula is C35H47N5O7S2. The molecule has 0 spiro atoms. The van der Waals surface area contributed by atoms with Crippen LogP contribution in [0, 0.1) is 11.8 Å². The Morgan fingerprint density at radius 1 is 1.10 bits per heavy atom. The van der Waals surface area contributed by atoms with Gasteiger partial charge in [-0.3, -0.25) is 9.69 Å². The van der Waals surface area contributed by atoms with E-state index in [0.29, 0.717) is 28.5 Å². The van der Waals surface area contributed by atoms with Gasteiger partial charge in [-0.25, -0.2) is 18.2 Å². The second kappa shape index (κ2) is 15.8. The minimum atomic E-state index is -4.08. The lowest BCUT2D eigenvalue weighted by Crippen LogP contribution is -2.51. The molecule has 14 heteroatoms. The predicted molar refractivity (Wildman–Crippen MR) is 188 cm³/mol. The van der Waals surface area contributed by atoms with Crippen molar-refractivity contribution in [3.63, 3.8) is 0 Å². The molecule has 2 amide bonds. The summed E-state index contributed by atoms with van der Waals surface area (Å²) in [4.78, 5) is 32.4. The van der Waals surface area contributed by atoms with E-state index in [2.05, 4.69) is 20.5 Å². The molecule has 1 saturated carbocycles. The molecule has 5 unspecified atom stereocenters. The van der Waals surface area contributed by atoms with E-state index in [4.69, 9.17) is 9.47 Å². The highest BCUT2D eigenvalue weighted by atomic mass is 32.2. The second-order valence-electron chi connectivity index (χ2n) is 13.8. The van der Waals surface area contributed by atoms with Crippen molar-refractivity contribution >= 4 is 48.7 Å². The first-order valence-electron chi connectivity index (χ1n) is 17.3. The van der Waals surface area contributed by atoms with Gasteiger partial charge in [0.15, 0.2) is 5.13 Å². The number of nitrogens with zero attached hydrogens (tertiary/aromatic N) is 3.